The standard InChI is InChI=1S/C13H22N/c1-3-5-7-11-14-12-8-6-10-13(14)9-4-2/h6,8,10,12H,3-5,7,9,11H2,1-2H3/q+1. The molecule has 0 saturated heterocycles. The van der Waals surface area contributed by atoms with Crippen LogP contribution in [0.3, 0.4) is 0 Å². The molecule has 0 bridgehead atoms. The zero-order valence-electron chi connectivity index (χ0n) is 9.50. The van der Waals surface area contributed by atoms with Crippen LogP contribution in [0.4, 0.5) is 0 Å². The molecule has 0 N–H and O–H groups in total. The summed E-state index contributed by atoms with van der Waals surface area (Å²) in [4.78, 5) is 0. The molecule has 0 unspecified atom stereocenters. The van der Waals surface area contributed by atoms with Gasteiger partial charge in [-0.2, -0.15) is 0 Å². The molecule has 1 heterocycles. The molecule has 0 spiro atoms. The topological polar surface area (TPSA) is 3.88 Å². The fourth-order valence-corrected chi connectivity index (χ4v) is 1.75. The molecular formula is C13H22N+. The van der Waals surface area contributed by atoms with Gasteiger partial charge in [-0.3, -0.25) is 0 Å². The highest BCUT2D eigenvalue weighted by Crippen LogP contribution is 1.99. The summed E-state index contributed by atoms with van der Waals surface area (Å²) in [5.41, 5.74) is 1.48. The predicted molar refractivity (Wildman–Crippen MR) is 60.2 cm³/mol. The van der Waals surface area contributed by atoms with E-state index in [1.165, 1.54) is 44.3 Å². The molecule has 0 aliphatic carbocycles. The number of unbranched alkanes of at least 4 members (excludes halogenated alkanes) is 2. The lowest BCUT2D eigenvalue weighted by Gasteiger charge is -2.01. The Morgan fingerprint density at radius 1 is 1.07 bits per heavy atom. The Kier molecular flexibility index (Phi) is 5.28. The molecule has 0 radical (unpaired) electrons. The second-order valence-electron chi connectivity index (χ2n) is 3.84. The fraction of sp³-hybridized carbons (Fsp3) is 0.615. The molecule has 0 aromatic carbocycles. The lowest BCUT2D eigenvalue weighted by Crippen LogP contribution is -2.37. The lowest BCUT2D eigenvalue weighted by atomic mass is 10.2. The molecule has 0 aliphatic heterocycles. The van der Waals surface area contributed by atoms with Crippen LogP contribution in [0, 0.1) is 0 Å². The summed E-state index contributed by atoms with van der Waals surface area (Å²) >= 11 is 0. The summed E-state index contributed by atoms with van der Waals surface area (Å²) in [6.45, 7) is 5.68. The highest BCUT2D eigenvalue weighted by Gasteiger charge is 2.06. The van der Waals surface area contributed by atoms with Gasteiger partial charge in [-0.1, -0.05) is 26.3 Å². The summed E-state index contributed by atoms with van der Waals surface area (Å²) in [6, 6.07) is 6.52. The van der Waals surface area contributed by atoms with Crippen LogP contribution in [-0.4, -0.2) is 0 Å². The molecule has 1 aromatic rings. The fourth-order valence-electron chi connectivity index (χ4n) is 1.75. The van der Waals surface area contributed by atoms with Crippen molar-refractivity contribution >= 4 is 0 Å². The van der Waals surface area contributed by atoms with Crippen molar-refractivity contribution in [3.05, 3.63) is 30.1 Å². The highest BCUT2D eigenvalue weighted by molar-refractivity contribution is 4.97. The molecule has 0 atom stereocenters. The van der Waals surface area contributed by atoms with E-state index in [-0.39, 0.29) is 0 Å². The highest BCUT2D eigenvalue weighted by atomic mass is 14.9. The van der Waals surface area contributed by atoms with E-state index in [0.717, 1.165) is 0 Å². The van der Waals surface area contributed by atoms with Gasteiger partial charge in [0.15, 0.2) is 11.9 Å². The minimum absolute atomic E-state index is 1.18. The molecule has 1 aromatic heterocycles. The van der Waals surface area contributed by atoms with Crippen molar-refractivity contribution in [1.82, 2.24) is 0 Å². The van der Waals surface area contributed by atoms with E-state index in [1.54, 1.807) is 0 Å². The van der Waals surface area contributed by atoms with Crippen molar-refractivity contribution in [1.29, 1.82) is 0 Å². The van der Waals surface area contributed by atoms with E-state index in [2.05, 4.69) is 42.8 Å². The maximum absolute atomic E-state index is 2.40. The molecule has 14 heavy (non-hydrogen) atoms. The van der Waals surface area contributed by atoms with Gasteiger partial charge in [0.05, 0.1) is 0 Å². The number of hydrogen-bond donors (Lipinski definition) is 0. The second kappa shape index (κ2) is 6.58. The van der Waals surface area contributed by atoms with Gasteiger partial charge in [0.25, 0.3) is 0 Å². The van der Waals surface area contributed by atoms with E-state index in [4.69, 9.17) is 0 Å². The maximum Gasteiger partial charge on any atom is 0.181 e. The number of pyridine rings is 1. The zero-order valence-corrected chi connectivity index (χ0v) is 9.50. The SMILES string of the molecule is CCCCC[n+]1ccccc1CCC. The van der Waals surface area contributed by atoms with E-state index in [9.17, 15) is 0 Å². The Morgan fingerprint density at radius 2 is 1.93 bits per heavy atom. The monoisotopic (exact) mass is 192 g/mol. The van der Waals surface area contributed by atoms with Crippen molar-refractivity contribution in [3.8, 4) is 0 Å². The van der Waals surface area contributed by atoms with Gasteiger partial charge in [0.2, 0.25) is 0 Å². The van der Waals surface area contributed by atoms with Crippen LogP contribution in [0.2, 0.25) is 0 Å². The van der Waals surface area contributed by atoms with Crippen molar-refractivity contribution in [2.75, 3.05) is 0 Å². The Labute approximate surface area is 87.8 Å². The first-order chi connectivity index (χ1) is 6.88. The minimum Gasteiger partial charge on any atom is -0.202 e. The normalized spacial score (nSPS) is 10.4. The van der Waals surface area contributed by atoms with Crippen LogP contribution >= 0.6 is 0 Å². The van der Waals surface area contributed by atoms with Crippen molar-refractivity contribution in [2.45, 2.75) is 52.5 Å². The summed E-state index contributed by atoms with van der Waals surface area (Å²) < 4.78 is 2.40. The molecule has 0 fully saturated rings. The van der Waals surface area contributed by atoms with E-state index in [0.29, 0.717) is 0 Å². The van der Waals surface area contributed by atoms with Crippen molar-refractivity contribution in [3.63, 3.8) is 0 Å². The van der Waals surface area contributed by atoms with Crippen LogP contribution < -0.4 is 4.57 Å². The Bertz CT molecular complexity index is 255. The van der Waals surface area contributed by atoms with Crippen LogP contribution in [0.1, 0.15) is 45.2 Å². The van der Waals surface area contributed by atoms with Gasteiger partial charge in [0, 0.05) is 25.0 Å². The third-order valence-electron chi connectivity index (χ3n) is 2.54. The number of aryl methyl sites for hydroxylation is 2. The molecule has 1 rings (SSSR count). The molecular weight excluding hydrogens is 170 g/mol. The second-order valence-corrected chi connectivity index (χ2v) is 3.84. The largest absolute Gasteiger partial charge is 0.202 e. The molecule has 0 amide bonds. The zero-order chi connectivity index (χ0) is 10.2. The van der Waals surface area contributed by atoms with Gasteiger partial charge in [-0.25, -0.2) is 4.57 Å². The third kappa shape index (κ3) is 3.49. The van der Waals surface area contributed by atoms with Crippen LogP contribution in [0.25, 0.3) is 0 Å². The minimum atomic E-state index is 1.18. The number of nitrogens with zero attached hydrogens (tertiary/aromatic N) is 1. The summed E-state index contributed by atoms with van der Waals surface area (Å²) in [5, 5.41) is 0. The van der Waals surface area contributed by atoms with E-state index < -0.39 is 0 Å². The van der Waals surface area contributed by atoms with Gasteiger partial charge in [-0.05, 0) is 12.8 Å². The quantitative estimate of drug-likeness (QED) is 0.481. The van der Waals surface area contributed by atoms with Gasteiger partial charge in [-0.15, -0.1) is 0 Å². The van der Waals surface area contributed by atoms with Gasteiger partial charge >= 0.3 is 0 Å². The van der Waals surface area contributed by atoms with Gasteiger partial charge in [0.1, 0.15) is 6.54 Å². The molecule has 1 nitrogen and oxygen atoms in total. The molecule has 0 saturated carbocycles. The number of aromatic nitrogens is 1. The smallest absolute Gasteiger partial charge is 0.181 e. The summed E-state index contributed by atoms with van der Waals surface area (Å²) in [7, 11) is 0. The lowest BCUT2D eigenvalue weighted by molar-refractivity contribution is -0.704. The Balaban J connectivity index is 2.55. The summed E-state index contributed by atoms with van der Waals surface area (Å²) in [6.07, 6.45) is 8.59. The van der Waals surface area contributed by atoms with Gasteiger partial charge < -0.3 is 0 Å². The first kappa shape index (κ1) is 11.2. The Hall–Kier alpha value is -0.850. The average Bonchev–Trinajstić information content (AvgIpc) is 2.21. The number of rotatable bonds is 6. The molecule has 0 aliphatic rings. The third-order valence-corrected chi connectivity index (χ3v) is 2.54. The average molecular weight is 192 g/mol. The summed E-state index contributed by atoms with van der Waals surface area (Å²) in [5.74, 6) is 0. The van der Waals surface area contributed by atoms with Crippen LogP contribution in [0.5, 0.6) is 0 Å². The maximum atomic E-state index is 2.40. The van der Waals surface area contributed by atoms with E-state index in [1.807, 2.05) is 0 Å². The predicted octanol–water partition coefficient (Wildman–Crippen LogP) is 3.12. The van der Waals surface area contributed by atoms with Crippen molar-refractivity contribution in [2.24, 2.45) is 0 Å². The molecule has 1 heteroatoms. The number of hydrogen-bond acceptors (Lipinski definition) is 0. The van der Waals surface area contributed by atoms with E-state index >= 15 is 0 Å². The van der Waals surface area contributed by atoms with Crippen molar-refractivity contribution < 1.29 is 4.57 Å². The van der Waals surface area contributed by atoms with Crippen LogP contribution in [-0.2, 0) is 13.0 Å². The Morgan fingerprint density at radius 3 is 2.64 bits per heavy atom. The first-order valence-corrected chi connectivity index (χ1v) is 5.85. The van der Waals surface area contributed by atoms with Crippen LogP contribution in [0.15, 0.2) is 24.4 Å². The first-order valence-electron chi connectivity index (χ1n) is 5.85. The molecule has 78 valence electrons.